The van der Waals surface area contributed by atoms with E-state index in [0.717, 1.165) is 12.2 Å². The Labute approximate surface area is 118 Å². The topological polar surface area (TPSA) is 75.8 Å². The summed E-state index contributed by atoms with van der Waals surface area (Å²) in [6.07, 6.45) is 0.0894. The first-order chi connectivity index (χ1) is 9.32. The summed E-state index contributed by atoms with van der Waals surface area (Å²) < 4.78 is 5.84. The van der Waals surface area contributed by atoms with Crippen LogP contribution in [0.25, 0.3) is 0 Å². The zero-order chi connectivity index (χ0) is 14.9. The second-order valence-corrected chi connectivity index (χ2v) is 5.80. The van der Waals surface area contributed by atoms with Crippen LogP contribution < -0.4 is 4.90 Å². The van der Waals surface area contributed by atoms with Gasteiger partial charge < -0.3 is 14.7 Å². The summed E-state index contributed by atoms with van der Waals surface area (Å²) in [5.74, 6) is 0. The standard InChI is InChI=1S/C14H20N2O4/c1-10-7-15(9-14(2,3)20-10)12-4-5-13(16(18)19)11(6-12)8-17/h4-6,10,17H,7-9H2,1-3H3. The van der Waals surface area contributed by atoms with Crippen molar-refractivity contribution in [2.75, 3.05) is 18.0 Å². The van der Waals surface area contributed by atoms with Crippen LogP contribution in [-0.2, 0) is 11.3 Å². The van der Waals surface area contributed by atoms with Crippen LogP contribution in [0.3, 0.4) is 0 Å². The van der Waals surface area contributed by atoms with Crippen LogP contribution >= 0.6 is 0 Å². The summed E-state index contributed by atoms with van der Waals surface area (Å²) in [7, 11) is 0. The highest BCUT2D eigenvalue weighted by Crippen LogP contribution is 2.29. The second-order valence-electron chi connectivity index (χ2n) is 5.80. The van der Waals surface area contributed by atoms with E-state index in [-0.39, 0.29) is 24.0 Å². The van der Waals surface area contributed by atoms with Crippen molar-refractivity contribution in [2.45, 2.75) is 39.1 Å². The third-order valence-electron chi connectivity index (χ3n) is 3.36. The van der Waals surface area contributed by atoms with Crippen LogP contribution in [0.4, 0.5) is 11.4 Å². The van der Waals surface area contributed by atoms with Crippen LogP contribution in [0.1, 0.15) is 26.3 Å². The zero-order valence-electron chi connectivity index (χ0n) is 12.0. The predicted molar refractivity (Wildman–Crippen MR) is 75.9 cm³/mol. The van der Waals surface area contributed by atoms with Crippen LogP contribution in [-0.4, -0.2) is 34.8 Å². The molecule has 2 rings (SSSR count). The minimum Gasteiger partial charge on any atom is -0.391 e. The number of nitro benzene ring substituents is 1. The van der Waals surface area contributed by atoms with Gasteiger partial charge in [-0.1, -0.05) is 0 Å². The Balaban J connectivity index is 2.31. The van der Waals surface area contributed by atoms with Crippen molar-refractivity contribution in [3.05, 3.63) is 33.9 Å². The lowest BCUT2D eigenvalue weighted by molar-refractivity contribution is -0.385. The minimum atomic E-state index is -0.471. The van der Waals surface area contributed by atoms with Gasteiger partial charge in [0.1, 0.15) is 0 Å². The number of nitrogens with zero attached hydrogens (tertiary/aromatic N) is 2. The summed E-state index contributed by atoms with van der Waals surface area (Å²) >= 11 is 0. The number of hydrogen-bond acceptors (Lipinski definition) is 5. The van der Waals surface area contributed by atoms with Gasteiger partial charge in [0, 0.05) is 24.8 Å². The summed E-state index contributed by atoms with van der Waals surface area (Å²) in [6.45, 7) is 7.15. The average Bonchev–Trinajstić information content (AvgIpc) is 2.35. The van der Waals surface area contributed by atoms with Gasteiger partial charge in [-0.05, 0) is 32.9 Å². The molecule has 1 aromatic rings. The molecular weight excluding hydrogens is 260 g/mol. The molecule has 110 valence electrons. The van der Waals surface area contributed by atoms with E-state index in [0.29, 0.717) is 12.1 Å². The van der Waals surface area contributed by atoms with E-state index in [1.165, 1.54) is 6.07 Å². The monoisotopic (exact) mass is 280 g/mol. The summed E-state index contributed by atoms with van der Waals surface area (Å²) in [4.78, 5) is 12.5. The van der Waals surface area contributed by atoms with E-state index in [1.54, 1.807) is 12.1 Å². The first-order valence-electron chi connectivity index (χ1n) is 6.63. The first-order valence-corrected chi connectivity index (χ1v) is 6.63. The summed E-state index contributed by atoms with van der Waals surface area (Å²) in [5.41, 5.74) is 0.905. The molecule has 1 fully saturated rings. The molecule has 1 N–H and O–H groups in total. The van der Waals surface area contributed by atoms with Crippen molar-refractivity contribution in [1.29, 1.82) is 0 Å². The Bertz CT molecular complexity index is 516. The van der Waals surface area contributed by atoms with E-state index in [9.17, 15) is 15.2 Å². The van der Waals surface area contributed by atoms with Gasteiger partial charge in [-0.2, -0.15) is 0 Å². The lowest BCUT2D eigenvalue weighted by Gasteiger charge is -2.43. The van der Waals surface area contributed by atoms with E-state index in [2.05, 4.69) is 4.90 Å². The van der Waals surface area contributed by atoms with E-state index < -0.39 is 4.92 Å². The highest BCUT2D eigenvalue weighted by molar-refractivity contribution is 5.56. The van der Waals surface area contributed by atoms with Crippen molar-refractivity contribution in [2.24, 2.45) is 0 Å². The van der Waals surface area contributed by atoms with Gasteiger partial charge in [0.2, 0.25) is 0 Å². The van der Waals surface area contributed by atoms with Crippen molar-refractivity contribution < 1.29 is 14.8 Å². The van der Waals surface area contributed by atoms with E-state index >= 15 is 0 Å². The number of morpholine rings is 1. The molecule has 0 bridgehead atoms. The molecule has 0 aromatic heterocycles. The van der Waals surface area contributed by atoms with Crippen molar-refractivity contribution >= 4 is 11.4 Å². The number of rotatable bonds is 3. The molecule has 1 aliphatic heterocycles. The molecule has 6 nitrogen and oxygen atoms in total. The quantitative estimate of drug-likeness (QED) is 0.677. The lowest BCUT2D eigenvalue weighted by Crippen LogP contribution is -2.52. The van der Waals surface area contributed by atoms with Crippen LogP contribution in [0.15, 0.2) is 18.2 Å². The fourth-order valence-corrected chi connectivity index (χ4v) is 2.72. The Hall–Kier alpha value is -1.66. The van der Waals surface area contributed by atoms with Gasteiger partial charge in [0.15, 0.2) is 0 Å². The number of aliphatic hydroxyl groups is 1. The van der Waals surface area contributed by atoms with Crippen LogP contribution in [0.2, 0.25) is 0 Å². The molecule has 1 unspecified atom stereocenters. The molecule has 0 spiro atoms. The molecule has 1 aromatic carbocycles. The predicted octanol–water partition coefficient (Wildman–Crippen LogP) is 2.09. The number of hydrogen-bond donors (Lipinski definition) is 1. The molecule has 6 heteroatoms. The zero-order valence-corrected chi connectivity index (χ0v) is 12.0. The molecule has 0 aliphatic carbocycles. The highest BCUT2D eigenvalue weighted by Gasteiger charge is 2.31. The summed E-state index contributed by atoms with van der Waals surface area (Å²) in [5, 5.41) is 20.2. The van der Waals surface area contributed by atoms with Gasteiger partial charge in [-0.15, -0.1) is 0 Å². The number of aliphatic hydroxyl groups excluding tert-OH is 1. The van der Waals surface area contributed by atoms with Gasteiger partial charge in [0.05, 0.1) is 28.8 Å². The Morgan fingerprint density at radius 1 is 1.55 bits per heavy atom. The molecule has 1 saturated heterocycles. The van der Waals surface area contributed by atoms with E-state index in [4.69, 9.17) is 4.74 Å². The number of ether oxygens (including phenoxy) is 1. The third kappa shape index (κ3) is 3.08. The van der Waals surface area contributed by atoms with Crippen LogP contribution in [0.5, 0.6) is 0 Å². The fourth-order valence-electron chi connectivity index (χ4n) is 2.72. The third-order valence-corrected chi connectivity index (χ3v) is 3.36. The van der Waals surface area contributed by atoms with Crippen molar-refractivity contribution in [3.63, 3.8) is 0 Å². The molecule has 1 heterocycles. The highest BCUT2D eigenvalue weighted by atomic mass is 16.6. The number of anilines is 1. The lowest BCUT2D eigenvalue weighted by atomic mass is 10.0. The first kappa shape index (κ1) is 14.7. The fraction of sp³-hybridized carbons (Fsp3) is 0.571. The molecule has 0 amide bonds. The van der Waals surface area contributed by atoms with Crippen molar-refractivity contribution in [3.8, 4) is 0 Å². The normalized spacial score (nSPS) is 21.8. The largest absolute Gasteiger partial charge is 0.391 e. The van der Waals surface area contributed by atoms with Gasteiger partial charge in [-0.25, -0.2) is 0 Å². The molecule has 1 atom stereocenters. The van der Waals surface area contributed by atoms with Gasteiger partial charge >= 0.3 is 0 Å². The Morgan fingerprint density at radius 3 is 2.80 bits per heavy atom. The number of nitro groups is 1. The maximum atomic E-state index is 10.9. The molecule has 1 aliphatic rings. The Morgan fingerprint density at radius 2 is 2.25 bits per heavy atom. The molecule has 20 heavy (non-hydrogen) atoms. The second kappa shape index (κ2) is 5.38. The molecule has 0 saturated carbocycles. The molecule has 0 radical (unpaired) electrons. The van der Waals surface area contributed by atoms with E-state index in [1.807, 2.05) is 20.8 Å². The van der Waals surface area contributed by atoms with Gasteiger partial charge in [-0.3, -0.25) is 10.1 Å². The SMILES string of the molecule is CC1CN(c2ccc([N+](=O)[O-])c(CO)c2)CC(C)(C)O1. The molecular formula is C14H20N2O4. The Kier molecular flexibility index (Phi) is 3.96. The average molecular weight is 280 g/mol. The number of benzene rings is 1. The van der Waals surface area contributed by atoms with Crippen molar-refractivity contribution in [1.82, 2.24) is 0 Å². The maximum Gasteiger partial charge on any atom is 0.275 e. The summed E-state index contributed by atoms with van der Waals surface area (Å²) in [6, 6.07) is 4.87. The minimum absolute atomic E-state index is 0.0446. The maximum absolute atomic E-state index is 10.9. The van der Waals surface area contributed by atoms with Gasteiger partial charge in [0.25, 0.3) is 5.69 Å². The smallest absolute Gasteiger partial charge is 0.275 e. The van der Waals surface area contributed by atoms with Crippen LogP contribution in [0, 0.1) is 10.1 Å².